The third kappa shape index (κ3) is 3.85. The van der Waals surface area contributed by atoms with E-state index in [2.05, 4.69) is 10.1 Å². The summed E-state index contributed by atoms with van der Waals surface area (Å²) >= 11 is 0. The molecule has 0 aliphatic rings. The summed E-state index contributed by atoms with van der Waals surface area (Å²) in [7, 11) is 1.20. The fourth-order valence-corrected chi connectivity index (χ4v) is 2.22. The first-order chi connectivity index (χ1) is 10.6. The summed E-state index contributed by atoms with van der Waals surface area (Å²) in [6, 6.07) is 16.2. The summed E-state index contributed by atoms with van der Waals surface area (Å²) in [4.78, 5) is 22.6. The summed E-state index contributed by atoms with van der Waals surface area (Å²) < 4.78 is 4.47. The van der Waals surface area contributed by atoms with Crippen LogP contribution >= 0.6 is 0 Å². The van der Waals surface area contributed by atoms with Crippen LogP contribution in [0.25, 0.3) is 11.1 Å². The fourth-order valence-electron chi connectivity index (χ4n) is 2.22. The van der Waals surface area contributed by atoms with E-state index in [9.17, 15) is 14.7 Å². The van der Waals surface area contributed by atoms with Crippen LogP contribution in [0.15, 0.2) is 54.6 Å². The molecule has 5 heteroatoms. The number of hydrogen-bond donors (Lipinski definition) is 2. The first-order valence-electron chi connectivity index (χ1n) is 6.82. The molecule has 2 aromatic rings. The maximum Gasteiger partial charge on any atom is 0.407 e. The van der Waals surface area contributed by atoms with E-state index in [-0.39, 0.29) is 6.42 Å². The molecule has 0 aliphatic heterocycles. The number of ether oxygens (including phenoxy) is 1. The molecule has 0 fully saturated rings. The summed E-state index contributed by atoms with van der Waals surface area (Å²) in [5.41, 5.74) is 2.79. The summed E-state index contributed by atoms with van der Waals surface area (Å²) in [6.07, 6.45) is -0.584. The number of methoxy groups -OCH3 is 1. The van der Waals surface area contributed by atoms with E-state index in [0.717, 1.165) is 16.7 Å². The van der Waals surface area contributed by atoms with Crippen LogP contribution in [0.2, 0.25) is 0 Å². The van der Waals surface area contributed by atoms with Crippen molar-refractivity contribution in [2.45, 2.75) is 12.5 Å². The van der Waals surface area contributed by atoms with Crippen molar-refractivity contribution in [3.8, 4) is 11.1 Å². The van der Waals surface area contributed by atoms with Crippen LogP contribution < -0.4 is 5.32 Å². The Labute approximate surface area is 128 Å². The minimum Gasteiger partial charge on any atom is -0.480 e. The molecule has 0 bridgehead atoms. The molecule has 0 aliphatic carbocycles. The SMILES string of the molecule is COC(=O)NC(Cc1ccccc1-c1ccccc1)C(=O)O. The molecule has 2 rings (SSSR count). The van der Waals surface area contributed by atoms with Crippen LogP contribution in [0.3, 0.4) is 0 Å². The lowest BCUT2D eigenvalue weighted by Crippen LogP contribution is -2.42. The lowest BCUT2D eigenvalue weighted by molar-refractivity contribution is -0.139. The van der Waals surface area contributed by atoms with Crippen molar-refractivity contribution < 1.29 is 19.4 Å². The predicted octanol–water partition coefficient (Wildman–Crippen LogP) is 2.71. The van der Waals surface area contributed by atoms with Gasteiger partial charge in [0.25, 0.3) is 0 Å². The summed E-state index contributed by atoms with van der Waals surface area (Å²) in [5.74, 6) is -1.10. The number of nitrogens with one attached hydrogen (secondary N) is 1. The van der Waals surface area contributed by atoms with E-state index >= 15 is 0 Å². The molecule has 2 aromatic carbocycles. The normalized spacial score (nSPS) is 11.5. The highest BCUT2D eigenvalue weighted by Gasteiger charge is 2.22. The van der Waals surface area contributed by atoms with Crippen molar-refractivity contribution >= 4 is 12.1 Å². The number of benzene rings is 2. The molecular formula is C17H17NO4. The number of aliphatic carboxylic acids is 1. The van der Waals surface area contributed by atoms with Crippen LogP contribution in [-0.4, -0.2) is 30.3 Å². The van der Waals surface area contributed by atoms with Gasteiger partial charge in [0.2, 0.25) is 0 Å². The first-order valence-corrected chi connectivity index (χ1v) is 6.82. The number of rotatable bonds is 5. The van der Waals surface area contributed by atoms with E-state index in [1.165, 1.54) is 7.11 Å². The molecule has 1 amide bonds. The van der Waals surface area contributed by atoms with Gasteiger partial charge in [0, 0.05) is 6.42 Å². The van der Waals surface area contributed by atoms with E-state index in [0.29, 0.717) is 0 Å². The second kappa shape index (κ2) is 7.26. The topological polar surface area (TPSA) is 75.6 Å². The van der Waals surface area contributed by atoms with Crippen molar-refractivity contribution in [2.24, 2.45) is 0 Å². The van der Waals surface area contributed by atoms with Gasteiger partial charge in [-0.1, -0.05) is 54.6 Å². The summed E-state index contributed by atoms with van der Waals surface area (Å²) in [5, 5.41) is 11.6. The zero-order valence-corrected chi connectivity index (χ0v) is 12.2. The van der Waals surface area contributed by atoms with Crippen LogP contribution in [0.4, 0.5) is 4.79 Å². The Morgan fingerprint density at radius 2 is 1.73 bits per heavy atom. The summed E-state index contributed by atoms with van der Waals surface area (Å²) in [6.45, 7) is 0. The largest absolute Gasteiger partial charge is 0.480 e. The van der Waals surface area contributed by atoms with Crippen molar-refractivity contribution in [2.75, 3.05) is 7.11 Å². The Bertz CT molecular complexity index is 655. The van der Waals surface area contributed by atoms with E-state index in [4.69, 9.17) is 0 Å². The minimum atomic E-state index is -1.10. The molecule has 114 valence electrons. The zero-order valence-electron chi connectivity index (χ0n) is 12.2. The average molecular weight is 299 g/mol. The minimum absolute atomic E-state index is 0.176. The van der Waals surface area contributed by atoms with Gasteiger partial charge in [0.15, 0.2) is 0 Å². The zero-order chi connectivity index (χ0) is 15.9. The number of hydrogen-bond acceptors (Lipinski definition) is 3. The lowest BCUT2D eigenvalue weighted by atomic mass is 9.95. The predicted molar refractivity (Wildman–Crippen MR) is 82.5 cm³/mol. The van der Waals surface area contributed by atoms with Crippen molar-refractivity contribution in [3.05, 3.63) is 60.2 Å². The molecule has 1 atom stereocenters. The van der Waals surface area contributed by atoms with Gasteiger partial charge in [-0.05, 0) is 16.7 Å². The van der Waals surface area contributed by atoms with Gasteiger partial charge in [-0.25, -0.2) is 9.59 Å². The number of carboxylic acid groups (broad SMARTS) is 1. The Morgan fingerprint density at radius 1 is 1.09 bits per heavy atom. The second-order valence-electron chi connectivity index (χ2n) is 4.75. The third-order valence-electron chi connectivity index (χ3n) is 3.30. The highest BCUT2D eigenvalue weighted by Crippen LogP contribution is 2.24. The molecule has 0 heterocycles. The van der Waals surface area contributed by atoms with Crippen LogP contribution in [0, 0.1) is 0 Å². The highest BCUT2D eigenvalue weighted by molar-refractivity contribution is 5.80. The number of alkyl carbamates (subject to hydrolysis) is 1. The molecule has 0 radical (unpaired) electrons. The molecule has 0 saturated carbocycles. The van der Waals surface area contributed by atoms with Gasteiger partial charge in [-0.2, -0.15) is 0 Å². The maximum atomic E-state index is 11.3. The van der Waals surface area contributed by atoms with Gasteiger partial charge in [-0.3, -0.25) is 0 Å². The highest BCUT2D eigenvalue weighted by atomic mass is 16.5. The van der Waals surface area contributed by atoms with Crippen LogP contribution in [0.5, 0.6) is 0 Å². The van der Waals surface area contributed by atoms with E-state index in [1.807, 2.05) is 54.6 Å². The Balaban J connectivity index is 2.28. The van der Waals surface area contributed by atoms with Gasteiger partial charge >= 0.3 is 12.1 Å². The van der Waals surface area contributed by atoms with Crippen LogP contribution in [0.1, 0.15) is 5.56 Å². The Kier molecular flexibility index (Phi) is 5.14. The van der Waals surface area contributed by atoms with Gasteiger partial charge in [-0.15, -0.1) is 0 Å². The number of carbonyl (C=O) groups is 2. The van der Waals surface area contributed by atoms with E-state index in [1.54, 1.807) is 0 Å². The molecule has 0 spiro atoms. The van der Waals surface area contributed by atoms with Gasteiger partial charge < -0.3 is 15.2 Å². The molecule has 22 heavy (non-hydrogen) atoms. The molecule has 0 aromatic heterocycles. The number of carbonyl (C=O) groups excluding carboxylic acids is 1. The van der Waals surface area contributed by atoms with Crippen molar-refractivity contribution in [1.29, 1.82) is 0 Å². The molecule has 5 nitrogen and oxygen atoms in total. The molecular weight excluding hydrogens is 282 g/mol. The van der Waals surface area contributed by atoms with Crippen molar-refractivity contribution in [1.82, 2.24) is 5.32 Å². The molecule has 0 saturated heterocycles. The maximum absolute atomic E-state index is 11.3. The second-order valence-corrected chi connectivity index (χ2v) is 4.75. The smallest absolute Gasteiger partial charge is 0.407 e. The Morgan fingerprint density at radius 3 is 2.36 bits per heavy atom. The van der Waals surface area contributed by atoms with Gasteiger partial charge in [0.05, 0.1) is 7.11 Å². The monoisotopic (exact) mass is 299 g/mol. The number of amides is 1. The fraction of sp³-hybridized carbons (Fsp3) is 0.176. The van der Waals surface area contributed by atoms with Gasteiger partial charge in [0.1, 0.15) is 6.04 Å². The van der Waals surface area contributed by atoms with E-state index < -0.39 is 18.1 Å². The quantitative estimate of drug-likeness (QED) is 0.890. The van der Waals surface area contributed by atoms with Crippen molar-refractivity contribution in [3.63, 3.8) is 0 Å². The molecule has 1 unspecified atom stereocenters. The van der Waals surface area contributed by atoms with Crippen LogP contribution in [-0.2, 0) is 16.0 Å². The first kappa shape index (κ1) is 15.6. The molecule has 2 N–H and O–H groups in total. The standard InChI is InChI=1S/C17H17NO4/c1-22-17(21)18-15(16(19)20)11-13-9-5-6-10-14(13)12-7-3-2-4-8-12/h2-10,15H,11H2,1H3,(H,18,21)(H,19,20). The number of carboxylic acids is 1. The third-order valence-corrected chi connectivity index (χ3v) is 3.30. The Hall–Kier alpha value is -2.82. The lowest BCUT2D eigenvalue weighted by Gasteiger charge is -2.16. The average Bonchev–Trinajstić information content (AvgIpc) is 2.55.